The monoisotopic (exact) mass is 416 g/mol. The minimum atomic E-state index is -0.548. The fraction of sp³-hybridized carbons (Fsp3) is 0.364. The Hall–Kier alpha value is -2.57. The van der Waals surface area contributed by atoms with Crippen LogP contribution in [0.4, 0.5) is 5.69 Å². The zero-order chi connectivity index (χ0) is 21.1. The van der Waals surface area contributed by atoms with Gasteiger partial charge in [0.25, 0.3) is 0 Å². The first-order chi connectivity index (χ1) is 14.0. The van der Waals surface area contributed by atoms with E-state index in [1.165, 1.54) is 0 Å². The molecule has 2 rings (SSSR count). The molecule has 1 atom stereocenters. The number of rotatable bonds is 9. The van der Waals surface area contributed by atoms with E-state index in [4.69, 9.17) is 11.6 Å². The highest BCUT2D eigenvalue weighted by atomic mass is 35.5. The van der Waals surface area contributed by atoms with Gasteiger partial charge >= 0.3 is 0 Å². The lowest BCUT2D eigenvalue weighted by atomic mass is 10.1. The van der Waals surface area contributed by atoms with Gasteiger partial charge in [-0.05, 0) is 43.5 Å². The number of aliphatic imine (C=N–C) groups is 1. The molecule has 7 heteroatoms. The third kappa shape index (κ3) is 8.13. The predicted octanol–water partition coefficient (Wildman–Crippen LogP) is 3.66. The molecule has 6 nitrogen and oxygen atoms in total. The molecule has 156 valence electrons. The van der Waals surface area contributed by atoms with E-state index >= 15 is 0 Å². The molecule has 0 radical (unpaired) electrons. The van der Waals surface area contributed by atoms with Crippen LogP contribution < -0.4 is 16.0 Å². The number of aliphatic hydroxyl groups is 1. The smallest absolute Gasteiger partial charge is 0.226 e. The Morgan fingerprint density at radius 1 is 1.17 bits per heavy atom. The number of guanidine groups is 1. The van der Waals surface area contributed by atoms with Gasteiger partial charge in [-0.15, -0.1) is 0 Å². The van der Waals surface area contributed by atoms with Gasteiger partial charge in [0, 0.05) is 26.1 Å². The second-order valence-corrected chi connectivity index (χ2v) is 7.09. The van der Waals surface area contributed by atoms with Crippen molar-refractivity contribution in [2.75, 3.05) is 25.0 Å². The molecule has 1 amide bonds. The van der Waals surface area contributed by atoms with Crippen LogP contribution in [-0.2, 0) is 4.79 Å². The number of aliphatic hydroxyl groups excluding tert-OH is 1. The fourth-order valence-corrected chi connectivity index (χ4v) is 2.99. The Labute approximate surface area is 177 Å². The maximum absolute atomic E-state index is 12.1. The quantitative estimate of drug-likeness (QED) is 0.371. The van der Waals surface area contributed by atoms with Crippen molar-refractivity contribution in [1.29, 1.82) is 0 Å². The maximum atomic E-state index is 12.1. The zero-order valence-electron chi connectivity index (χ0n) is 16.9. The van der Waals surface area contributed by atoms with Crippen molar-refractivity contribution < 1.29 is 9.90 Å². The molecule has 0 aliphatic carbocycles. The summed E-state index contributed by atoms with van der Waals surface area (Å²) in [6, 6.07) is 15.0. The highest BCUT2D eigenvalue weighted by Gasteiger charge is 2.08. The van der Waals surface area contributed by atoms with Crippen molar-refractivity contribution >= 4 is 29.2 Å². The summed E-state index contributed by atoms with van der Waals surface area (Å²) in [6.07, 6.45) is 0.252. The maximum Gasteiger partial charge on any atom is 0.226 e. The fourth-order valence-electron chi connectivity index (χ4n) is 2.71. The van der Waals surface area contributed by atoms with Crippen LogP contribution in [0, 0.1) is 6.92 Å². The molecule has 0 bridgehead atoms. The van der Waals surface area contributed by atoms with Gasteiger partial charge < -0.3 is 21.1 Å². The molecule has 0 spiro atoms. The van der Waals surface area contributed by atoms with E-state index in [0.29, 0.717) is 42.7 Å². The normalized spacial score (nSPS) is 12.3. The number of halogens is 1. The summed E-state index contributed by atoms with van der Waals surface area (Å²) in [4.78, 5) is 16.6. The van der Waals surface area contributed by atoms with Crippen molar-refractivity contribution in [3.8, 4) is 0 Å². The van der Waals surface area contributed by atoms with Gasteiger partial charge in [0.1, 0.15) is 0 Å². The molecule has 0 aliphatic heterocycles. The minimum absolute atomic E-state index is 0.126. The third-order valence-electron chi connectivity index (χ3n) is 4.24. The van der Waals surface area contributed by atoms with Crippen LogP contribution in [0.15, 0.2) is 53.5 Å². The molecular formula is C22H29ClN4O2. The van der Waals surface area contributed by atoms with E-state index in [0.717, 1.165) is 11.1 Å². The zero-order valence-corrected chi connectivity index (χ0v) is 17.7. The van der Waals surface area contributed by atoms with E-state index in [9.17, 15) is 9.90 Å². The van der Waals surface area contributed by atoms with Crippen molar-refractivity contribution in [2.24, 2.45) is 4.99 Å². The van der Waals surface area contributed by atoms with Crippen molar-refractivity contribution in [2.45, 2.75) is 32.8 Å². The number of amides is 1. The van der Waals surface area contributed by atoms with Crippen LogP contribution in [-0.4, -0.2) is 36.6 Å². The molecule has 2 aromatic carbocycles. The molecule has 0 saturated heterocycles. The molecule has 2 aromatic rings. The summed E-state index contributed by atoms with van der Waals surface area (Å²) in [6.45, 7) is 5.53. The van der Waals surface area contributed by atoms with Crippen LogP contribution in [0.3, 0.4) is 0 Å². The average molecular weight is 417 g/mol. The first kappa shape index (κ1) is 22.7. The van der Waals surface area contributed by atoms with Crippen LogP contribution in [0.1, 0.15) is 37.0 Å². The number of carbonyl (C=O) groups excluding carboxylic acids is 1. The Bertz CT molecular complexity index is 812. The van der Waals surface area contributed by atoms with Crippen molar-refractivity contribution in [1.82, 2.24) is 10.6 Å². The highest BCUT2D eigenvalue weighted by Crippen LogP contribution is 2.22. The van der Waals surface area contributed by atoms with Gasteiger partial charge in [0.2, 0.25) is 5.91 Å². The van der Waals surface area contributed by atoms with Gasteiger partial charge in [0.05, 0.1) is 16.8 Å². The number of anilines is 1. The molecule has 1 unspecified atom stereocenters. The average Bonchev–Trinajstić information content (AvgIpc) is 2.70. The van der Waals surface area contributed by atoms with E-state index in [1.807, 2.05) is 56.3 Å². The number of benzene rings is 2. The van der Waals surface area contributed by atoms with Gasteiger partial charge in [0.15, 0.2) is 5.96 Å². The largest absolute Gasteiger partial charge is 0.388 e. The Morgan fingerprint density at radius 3 is 2.62 bits per heavy atom. The Balaban J connectivity index is 1.77. The van der Waals surface area contributed by atoms with E-state index in [2.05, 4.69) is 20.9 Å². The minimum Gasteiger partial charge on any atom is -0.388 e. The van der Waals surface area contributed by atoms with Gasteiger partial charge in [-0.25, -0.2) is 0 Å². The van der Waals surface area contributed by atoms with Crippen LogP contribution in [0.25, 0.3) is 0 Å². The summed E-state index contributed by atoms with van der Waals surface area (Å²) in [7, 11) is 0. The van der Waals surface area contributed by atoms with Crippen LogP contribution in [0.2, 0.25) is 5.02 Å². The lowest BCUT2D eigenvalue weighted by Crippen LogP contribution is -2.38. The molecular weight excluding hydrogens is 388 g/mol. The summed E-state index contributed by atoms with van der Waals surface area (Å²) < 4.78 is 0. The van der Waals surface area contributed by atoms with Gasteiger partial charge in [-0.3, -0.25) is 9.79 Å². The lowest BCUT2D eigenvalue weighted by Gasteiger charge is -2.13. The van der Waals surface area contributed by atoms with E-state index in [-0.39, 0.29) is 12.3 Å². The summed E-state index contributed by atoms with van der Waals surface area (Å²) in [5.41, 5.74) is 2.53. The number of hydrogen-bond donors (Lipinski definition) is 4. The number of nitrogens with zero attached hydrogens (tertiary/aromatic N) is 1. The third-order valence-corrected chi connectivity index (χ3v) is 4.56. The Kier molecular flexibility index (Phi) is 9.47. The standard InChI is InChI=1S/C22H29ClN4O2/c1-3-24-22(25-13-11-20(28)17-7-5-4-6-8-17)26-14-12-21(29)27-19-10-9-16(2)15-18(19)23/h4-10,15,20,28H,3,11-14H2,1-2H3,(H,27,29)(H2,24,25,26). The van der Waals surface area contributed by atoms with Crippen molar-refractivity contribution in [3.63, 3.8) is 0 Å². The highest BCUT2D eigenvalue weighted by molar-refractivity contribution is 6.33. The molecule has 0 saturated carbocycles. The molecule has 0 aliphatic rings. The molecule has 0 heterocycles. The second-order valence-electron chi connectivity index (χ2n) is 6.68. The van der Waals surface area contributed by atoms with Crippen LogP contribution in [0.5, 0.6) is 0 Å². The van der Waals surface area contributed by atoms with E-state index < -0.39 is 6.10 Å². The Morgan fingerprint density at radius 2 is 1.93 bits per heavy atom. The topological polar surface area (TPSA) is 85.8 Å². The summed E-state index contributed by atoms with van der Waals surface area (Å²) in [5, 5.41) is 19.8. The first-order valence-electron chi connectivity index (χ1n) is 9.80. The summed E-state index contributed by atoms with van der Waals surface area (Å²) in [5.74, 6) is 0.493. The number of carbonyl (C=O) groups is 1. The number of hydrogen-bond acceptors (Lipinski definition) is 3. The van der Waals surface area contributed by atoms with Crippen molar-refractivity contribution in [3.05, 3.63) is 64.7 Å². The predicted molar refractivity (Wildman–Crippen MR) is 119 cm³/mol. The number of nitrogens with one attached hydrogen (secondary N) is 3. The van der Waals surface area contributed by atoms with E-state index in [1.54, 1.807) is 6.07 Å². The molecule has 4 N–H and O–H groups in total. The molecule has 0 fully saturated rings. The number of aryl methyl sites for hydroxylation is 1. The second kappa shape index (κ2) is 12.1. The van der Waals surface area contributed by atoms with Crippen LogP contribution >= 0.6 is 11.6 Å². The SMILES string of the molecule is CCNC(=NCCC(O)c1ccccc1)NCCC(=O)Nc1ccc(C)cc1Cl. The van der Waals surface area contributed by atoms with Gasteiger partial charge in [-0.1, -0.05) is 48.0 Å². The molecule has 0 aromatic heterocycles. The molecule has 29 heavy (non-hydrogen) atoms. The summed E-state index contributed by atoms with van der Waals surface area (Å²) >= 11 is 6.15. The lowest BCUT2D eigenvalue weighted by molar-refractivity contribution is -0.116. The first-order valence-corrected chi connectivity index (χ1v) is 10.2. The van der Waals surface area contributed by atoms with Gasteiger partial charge in [-0.2, -0.15) is 0 Å².